The fourth-order valence-electron chi connectivity index (χ4n) is 5.10. The molecule has 0 aliphatic rings. The van der Waals surface area contributed by atoms with Gasteiger partial charge in [0.15, 0.2) is 0 Å². The molecule has 0 N–H and O–H groups in total. The summed E-state index contributed by atoms with van der Waals surface area (Å²) in [6, 6.07) is 10.4. The van der Waals surface area contributed by atoms with Crippen LogP contribution in [0.15, 0.2) is 30.3 Å². The predicted molar refractivity (Wildman–Crippen MR) is 164 cm³/mol. The number of rotatable bonds is 21. The lowest BCUT2D eigenvalue weighted by atomic mass is 9.96. The zero-order valence-electron chi connectivity index (χ0n) is 24.7. The van der Waals surface area contributed by atoms with Crippen LogP contribution < -0.4 is 9.47 Å². The Balaban J connectivity index is 2.11. The molecule has 0 aromatic heterocycles. The van der Waals surface area contributed by atoms with Crippen LogP contribution in [0, 0.1) is 0 Å². The number of hydrogen-bond acceptors (Lipinski definition) is 3. The van der Waals surface area contributed by atoms with Crippen molar-refractivity contribution in [2.24, 2.45) is 0 Å². The van der Waals surface area contributed by atoms with Crippen LogP contribution in [0.2, 0.25) is 0 Å². The van der Waals surface area contributed by atoms with Crippen molar-refractivity contribution in [1.29, 1.82) is 0 Å². The van der Waals surface area contributed by atoms with Gasteiger partial charge in [0.25, 0.3) is 0 Å². The number of carbonyl (C=O) groups is 1. The van der Waals surface area contributed by atoms with E-state index >= 15 is 0 Å². The maximum atomic E-state index is 11.8. The number of ether oxygens (including phenoxy) is 2. The van der Waals surface area contributed by atoms with Crippen LogP contribution in [0.4, 0.5) is 0 Å². The Hall–Kier alpha value is -2.55. The SMILES string of the molecule is CCCCCCCCCc1cc(/C=C/c2cc(OC)ccc2CCCCCCCCC)c(OC)cc1C=O. The monoisotopic (exact) mass is 520 g/mol. The fourth-order valence-corrected chi connectivity index (χ4v) is 5.10. The van der Waals surface area contributed by atoms with Crippen molar-refractivity contribution in [1.82, 2.24) is 0 Å². The third-order valence-corrected chi connectivity index (χ3v) is 7.51. The molecule has 0 amide bonds. The van der Waals surface area contributed by atoms with E-state index in [9.17, 15) is 4.79 Å². The smallest absolute Gasteiger partial charge is 0.150 e. The maximum absolute atomic E-state index is 11.8. The van der Waals surface area contributed by atoms with Crippen LogP contribution in [-0.4, -0.2) is 20.5 Å². The second-order valence-electron chi connectivity index (χ2n) is 10.6. The van der Waals surface area contributed by atoms with E-state index in [4.69, 9.17) is 9.47 Å². The molecular weight excluding hydrogens is 468 g/mol. The number of methoxy groups -OCH3 is 2. The van der Waals surface area contributed by atoms with E-state index in [0.29, 0.717) is 0 Å². The first-order valence-corrected chi connectivity index (χ1v) is 15.2. The quantitative estimate of drug-likeness (QED) is 0.0933. The molecule has 0 aliphatic heterocycles. The number of benzene rings is 2. The van der Waals surface area contributed by atoms with Crippen molar-refractivity contribution in [3.8, 4) is 11.5 Å². The van der Waals surface area contributed by atoms with Crippen molar-refractivity contribution < 1.29 is 14.3 Å². The molecule has 0 saturated carbocycles. The molecule has 0 atom stereocenters. The van der Waals surface area contributed by atoms with Gasteiger partial charge in [0.2, 0.25) is 0 Å². The molecule has 0 fully saturated rings. The highest BCUT2D eigenvalue weighted by Crippen LogP contribution is 2.28. The van der Waals surface area contributed by atoms with E-state index in [1.165, 1.54) is 94.6 Å². The number of hydrogen-bond donors (Lipinski definition) is 0. The highest BCUT2D eigenvalue weighted by atomic mass is 16.5. The molecule has 38 heavy (non-hydrogen) atoms. The molecule has 2 aromatic rings. The van der Waals surface area contributed by atoms with Crippen molar-refractivity contribution >= 4 is 18.4 Å². The summed E-state index contributed by atoms with van der Waals surface area (Å²) in [7, 11) is 3.39. The number of aldehydes is 1. The first-order chi connectivity index (χ1) is 18.7. The summed E-state index contributed by atoms with van der Waals surface area (Å²) in [5.41, 5.74) is 5.41. The molecule has 0 bridgehead atoms. The summed E-state index contributed by atoms with van der Waals surface area (Å²) in [4.78, 5) is 11.8. The second kappa shape index (κ2) is 19.5. The number of aryl methyl sites for hydroxylation is 2. The topological polar surface area (TPSA) is 35.5 Å². The van der Waals surface area contributed by atoms with E-state index in [-0.39, 0.29) is 0 Å². The van der Waals surface area contributed by atoms with Gasteiger partial charge >= 0.3 is 0 Å². The lowest BCUT2D eigenvalue weighted by Gasteiger charge is -2.12. The third kappa shape index (κ3) is 11.5. The van der Waals surface area contributed by atoms with Crippen LogP contribution in [0.25, 0.3) is 12.2 Å². The van der Waals surface area contributed by atoms with Gasteiger partial charge in [-0.05, 0) is 66.6 Å². The molecule has 0 spiro atoms. The summed E-state index contributed by atoms with van der Waals surface area (Å²) in [6.45, 7) is 4.52. The van der Waals surface area contributed by atoms with Gasteiger partial charge < -0.3 is 9.47 Å². The molecule has 2 aromatic carbocycles. The Labute approximate surface area is 233 Å². The summed E-state index contributed by atoms with van der Waals surface area (Å²) in [5.74, 6) is 1.61. The van der Waals surface area contributed by atoms with Crippen LogP contribution in [0.3, 0.4) is 0 Å². The molecule has 0 radical (unpaired) electrons. The first-order valence-electron chi connectivity index (χ1n) is 15.2. The van der Waals surface area contributed by atoms with Gasteiger partial charge in [-0.25, -0.2) is 0 Å². The standard InChI is InChI=1S/C35H52O3/c1-5-7-9-11-13-15-17-19-29-23-24-34(37-3)26-31(29)21-22-32-25-30(33(28-36)27-35(32)38-4)20-18-16-14-12-10-8-6-2/h21-28H,5-20H2,1-4H3/b22-21+. The van der Waals surface area contributed by atoms with Crippen molar-refractivity contribution in [3.63, 3.8) is 0 Å². The maximum Gasteiger partial charge on any atom is 0.150 e. The molecule has 0 aliphatic carbocycles. The fraction of sp³-hybridized carbons (Fsp3) is 0.571. The highest BCUT2D eigenvalue weighted by molar-refractivity contribution is 5.82. The van der Waals surface area contributed by atoms with Crippen molar-refractivity contribution in [2.45, 2.75) is 117 Å². The van der Waals surface area contributed by atoms with Crippen LogP contribution >= 0.6 is 0 Å². The molecule has 2 rings (SSSR count). The van der Waals surface area contributed by atoms with Gasteiger partial charge in [0.1, 0.15) is 17.8 Å². The Morgan fingerprint density at radius 2 is 1.13 bits per heavy atom. The van der Waals surface area contributed by atoms with Crippen molar-refractivity contribution in [2.75, 3.05) is 14.2 Å². The van der Waals surface area contributed by atoms with E-state index in [1.54, 1.807) is 14.2 Å². The Kier molecular flexibility index (Phi) is 16.3. The van der Waals surface area contributed by atoms with Crippen LogP contribution in [0.5, 0.6) is 11.5 Å². The van der Waals surface area contributed by atoms with Gasteiger partial charge in [-0.3, -0.25) is 4.79 Å². The van der Waals surface area contributed by atoms with Crippen LogP contribution in [-0.2, 0) is 12.8 Å². The molecule has 210 valence electrons. The van der Waals surface area contributed by atoms with E-state index in [0.717, 1.165) is 53.7 Å². The summed E-state index contributed by atoms with van der Waals surface area (Å²) >= 11 is 0. The predicted octanol–water partition coefficient (Wildman–Crippen LogP) is 10.3. The van der Waals surface area contributed by atoms with Gasteiger partial charge in [0.05, 0.1) is 14.2 Å². The molecule has 0 unspecified atom stereocenters. The molecule has 0 saturated heterocycles. The average molecular weight is 521 g/mol. The molecule has 3 heteroatoms. The zero-order valence-corrected chi connectivity index (χ0v) is 24.7. The molecule has 3 nitrogen and oxygen atoms in total. The summed E-state index contributed by atoms with van der Waals surface area (Å²) < 4.78 is 11.2. The largest absolute Gasteiger partial charge is 0.497 e. The lowest BCUT2D eigenvalue weighted by molar-refractivity contribution is 0.112. The normalized spacial score (nSPS) is 11.3. The minimum Gasteiger partial charge on any atom is -0.497 e. The van der Waals surface area contributed by atoms with Crippen LogP contribution in [0.1, 0.15) is 136 Å². The third-order valence-electron chi connectivity index (χ3n) is 7.51. The van der Waals surface area contributed by atoms with E-state index < -0.39 is 0 Å². The van der Waals surface area contributed by atoms with E-state index in [1.807, 2.05) is 6.07 Å². The molecular formula is C35H52O3. The zero-order chi connectivity index (χ0) is 27.4. The Morgan fingerprint density at radius 3 is 1.68 bits per heavy atom. The van der Waals surface area contributed by atoms with Gasteiger partial charge in [-0.15, -0.1) is 0 Å². The number of carbonyl (C=O) groups excluding carboxylic acids is 1. The molecule has 0 heterocycles. The Morgan fingerprint density at radius 1 is 0.579 bits per heavy atom. The summed E-state index contributed by atoms with van der Waals surface area (Å²) in [5, 5.41) is 0. The minimum absolute atomic E-state index is 0.739. The minimum atomic E-state index is 0.739. The van der Waals surface area contributed by atoms with E-state index in [2.05, 4.69) is 50.3 Å². The summed E-state index contributed by atoms with van der Waals surface area (Å²) in [6.07, 6.45) is 25.3. The van der Waals surface area contributed by atoms with Gasteiger partial charge in [-0.2, -0.15) is 0 Å². The average Bonchev–Trinajstić information content (AvgIpc) is 2.95. The van der Waals surface area contributed by atoms with Crippen molar-refractivity contribution in [3.05, 3.63) is 58.1 Å². The lowest BCUT2D eigenvalue weighted by Crippen LogP contribution is -1.98. The van der Waals surface area contributed by atoms with Gasteiger partial charge in [-0.1, -0.05) is 109 Å². The highest BCUT2D eigenvalue weighted by Gasteiger charge is 2.10. The second-order valence-corrected chi connectivity index (χ2v) is 10.6. The first kappa shape index (κ1) is 31.7. The number of unbranched alkanes of at least 4 members (excludes halogenated alkanes) is 12. The van der Waals surface area contributed by atoms with Gasteiger partial charge in [0, 0.05) is 11.1 Å². The Bertz CT molecular complexity index is 960.